The number of nitrogens with zero attached hydrogens (tertiary/aromatic N) is 1. The predicted octanol–water partition coefficient (Wildman–Crippen LogP) is 0.676. The smallest absolute Gasteiger partial charge is 0.322 e. The highest BCUT2D eigenvalue weighted by Gasteiger charge is 2.51. The van der Waals surface area contributed by atoms with Gasteiger partial charge in [-0.25, -0.2) is 4.79 Å². The fraction of sp³-hybridized carbons (Fsp3) is 0.438. The van der Waals surface area contributed by atoms with Crippen LogP contribution in [-0.2, 0) is 16.0 Å². The van der Waals surface area contributed by atoms with Gasteiger partial charge >= 0.3 is 6.03 Å². The summed E-state index contributed by atoms with van der Waals surface area (Å²) >= 11 is 0. The van der Waals surface area contributed by atoms with Gasteiger partial charge in [0.05, 0.1) is 6.54 Å². The van der Waals surface area contributed by atoms with Gasteiger partial charge in [-0.05, 0) is 18.4 Å². The van der Waals surface area contributed by atoms with Crippen molar-refractivity contribution in [2.24, 2.45) is 5.92 Å². The van der Waals surface area contributed by atoms with E-state index in [0.29, 0.717) is 19.4 Å². The first-order valence-electron chi connectivity index (χ1n) is 7.46. The minimum absolute atomic E-state index is 0.0228. The molecule has 0 bridgehead atoms. The van der Waals surface area contributed by atoms with Gasteiger partial charge in [-0.3, -0.25) is 14.9 Å². The number of hydrogen-bond acceptors (Lipinski definition) is 3. The predicted molar refractivity (Wildman–Crippen MR) is 79.9 cm³/mol. The van der Waals surface area contributed by atoms with Crippen LogP contribution in [0.4, 0.5) is 4.79 Å². The molecule has 2 saturated heterocycles. The Morgan fingerprint density at radius 1 is 1.32 bits per heavy atom. The average Bonchev–Trinajstić information content (AvgIpc) is 3.03. The standard InChI is InChI=1S/C16H19N3O3/c1-11(9-12-5-3-2-4-6-12)13(20)19-8-7-16(10-19)14(21)17-15(22)18-16/h2-6,11H,7-10H2,1H3,(H2,17,18,21,22)/t11-,16+/m1/s1. The molecule has 0 radical (unpaired) electrons. The number of hydrogen-bond donors (Lipinski definition) is 2. The van der Waals surface area contributed by atoms with Gasteiger partial charge in [-0.15, -0.1) is 0 Å². The van der Waals surface area contributed by atoms with Crippen LogP contribution in [0.15, 0.2) is 30.3 Å². The normalized spacial score (nSPS) is 25.2. The Balaban J connectivity index is 1.64. The van der Waals surface area contributed by atoms with Crippen LogP contribution in [-0.4, -0.2) is 41.4 Å². The van der Waals surface area contributed by atoms with Crippen LogP contribution in [0.3, 0.4) is 0 Å². The molecule has 3 rings (SSSR count). The Kier molecular flexibility index (Phi) is 3.60. The lowest BCUT2D eigenvalue weighted by Gasteiger charge is -2.23. The summed E-state index contributed by atoms with van der Waals surface area (Å²) in [5.74, 6) is -0.462. The third-order valence-electron chi connectivity index (χ3n) is 4.40. The topological polar surface area (TPSA) is 78.5 Å². The Hall–Kier alpha value is -2.37. The molecular weight excluding hydrogens is 282 g/mol. The van der Waals surface area contributed by atoms with Gasteiger partial charge in [0.1, 0.15) is 5.54 Å². The number of nitrogens with one attached hydrogen (secondary N) is 2. The molecular formula is C16H19N3O3. The summed E-state index contributed by atoms with van der Waals surface area (Å²) in [5, 5.41) is 4.91. The fourth-order valence-corrected chi connectivity index (χ4v) is 3.18. The molecule has 1 aromatic rings. The summed E-state index contributed by atoms with van der Waals surface area (Å²) in [6, 6.07) is 9.38. The molecule has 116 valence electrons. The second-order valence-corrected chi connectivity index (χ2v) is 6.09. The molecule has 2 aliphatic heterocycles. The van der Waals surface area contributed by atoms with Gasteiger partial charge in [0.25, 0.3) is 5.91 Å². The molecule has 1 aromatic carbocycles. The third-order valence-corrected chi connectivity index (χ3v) is 4.40. The maximum atomic E-state index is 12.6. The molecule has 6 nitrogen and oxygen atoms in total. The first-order chi connectivity index (χ1) is 10.5. The quantitative estimate of drug-likeness (QED) is 0.806. The van der Waals surface area contributed by atoms with Crippen LogP contribution >= 0.6 is 0 Å². The van der Waals surface area contributed by atoms with E-state index < -0.39 is 11.6 Å². The van der Waals surface area contributed by atoms with Crippen molar-refractivity contribution in [2.45, 2.75) is 25.3 Å². The number of benzene rings is 1. The maximum absolute atomic E-state index is 12.6. The summed E-state index contributed by atoms with van der Waals surface area (Å²) in [4.78, 5) is 37.5. The third kappa shape index (κ3) is 2.56. The van der Waals surface area contributed by atoms with Crippen molar-refractivity contribution in [3.63, 3.8) is 0 Å². The second kappa shape index (κ2) is 5.44. The highest BCUT2D eigenvalue weighted by atomic mass is 16.2. The van der Waals surface area contributed by atoms with Crippen LogP contribution in [0.1, 0.15) is 18.9 Å². The van der Waals surface area contributed by atoms with Gasteiger partial charge in [0, 0.05) is 12.5 Å². The molecule has 0 saturated carbocycles. The first kappa shape index (κ1) is 14.6. The number of imide groups is 1. The molecule has 2 aliphatic rings. The van der Waals surface area contributed by atoms with Crippen LogP contribution in [0, 0.1) is 5.92 Å². The van der Waals surface area contributed by atoms with E-state index in [-0.39, 0.29) is 24.3 Å². The zero-order valence-electron chi connectivity index (χ0n) is 12.5. The summed E-state index contributed by atoms with van der Waals surface area (Å²) in [6.07, 6.45) is 1.14. The minimum atomic E-state index is -0.931. The molecule has 2 fully saturated rings. The van der Waals surface area contributed by atoms with Crippen molar-refractivity contribution >= 4 is 17.8 Å². The lowest BCUT2D eigenvalue weighted by Crippen LogP contribution is -2.50. The summed E-state index contributed by atoms with van der Waals surface area (Å²) in [7, 11) is 0. The number of carbonyl (C=O) groups is 3. The molecule has 22 heavy (non-hydrogen) atoms. The monoisotopic (exact) mass is 301 g/mol. The van der Waals surface area contributed by atoms with E-state index >= 15 is 0 Å². The highest BCUT2D eigenvalue weighted by Crippen LogP contribution is 2.26. The molecule has 0 aromatic heterocycles. The van der Waals surface area contributed by atoms with Gasteiger partial charge in [-0.1, -0.05) is 37.3 Å². The Morgan fingerprint density at radius 2 is 2.05 bits per heavy atom. The number of likely N-dealkylation sites (tertiary alicyclic amines) is 1. The van der Waals surface area contributed by atoms with E-state index in [1.54, 1.807) is 4.90 Å². The van der Waals surface area contributed by atoms with Crippen molar-refractivity contribution in [1.29, 1.82) is 0 Å². The first-order valence-corrected chi connectivity index (χ1v) is 7.46. The highest BCUT2D eigenvalue weighted by molar-refractivity contribution is 6.07. The van der Waals surface area contributed by atoms with E-state index in [1.807, 2.05) is 37.3 Å². The number of amides is 4. The zero-order valence-corrected chi connectivity index (χ0v) is 12.5. The van der Waals surface area contributed by atoms with Crippen molar-refractivity contribution in [1.82, 2.24) is 15.5 Å². The zero-order chi connectivity index (χ0) is 15.7. The summed E-state index contributed by atoms with van der Waals surface area (Å²) < 4.78 is 0. The molecule has 6 heteroatoms. The van der Waals surface area contributed by atoms with E-state index in [9.17, 15) is 14.4 Å². The summed E-state index contributed by atoms with van der Waals surface area (Å²) in [5.41, 5.74) is 0.184. The molecule has 2 atom stereocenters. The average molecular weight is 301 g/mol. The van der Waals surface area contributed by atoms with E-state index in [4.69, 9.17) is 0 Å². The fourth-order valence-electron chi connectivity index (χ4n) is 3.18. The van der Waals surface area contributed by atoms with Gasteiger partial charge in [-0.2, -0.15) is 0 Å². The minimum Gasteiger partial charge on any atom is -0.339 e. The van der Waals surface area contributed by atoms with E-state index in [2.05, 4.69) is 10.6 Å². The Bertz CT molecular complexity index is 616. The number of rotatable bonds is 3. The molecule has 2 heterocycles. The number of urea groups is 1. The molecule has 4 amide bonds. The second-order valence-electron chi connectivity index (χ2n) is 6.09. The Labute approximate surface area is 128 Å². The van der Waals surface area contributed by atoms with Gasteiger partial charge in [0.2, 0.25) is 5.91 Å². The summed E-state index contributed by atoms with van der Waals surface area (Å²) in [6.45, 7) is 2.64. The van der Waals surface area contributed by atoms with Crippen LogP contribution < -0.4 is 10.6 Å². The van der Waals surface area contributed by atoms with Crippen molar-refractivity contribution in [3.8, 4) is 0 Å². The van der Waals surface area contributed by atoms with Crippen molar-refractivity contribution in [2.75, 3.05) is 13.1 Å². The lowest BCUT2D eigenvalue weighted by atomic mass is 9.98. The lowest BCUT2D eigenvalue weighted by molar-refractivity contribution is -0.134. The van der Waals surface area contributed by atoms with Gasteiger partial charge < -0.3 is 10.2 Å². The van der Waals surface area contributed by atoms with Crippen LogP contribution in [0.25, 0.3) is 0 Å². The van der Waals surface area contributed by atoms with E-state index in [0.717, 1.165) is 5.56 Å². The largest absolute Gasteiger partial charge is 0.339 e. The SMILES string of the molecule is C[C@H](Cc1ccccc1)C(=O)N1CC[C@@]2(C1)NC(=O)NC2=O. The molecule has 0 unspecified atom stereocenters. The Morgan fingerprint density at radius 3 is 2.68 bits per heavy atom. The van der Waals surface area contributed by atoms with Crippen LogP contribution in [0.2, 0.25) is 0 Å². The van der Waals surface area contributed by atoms with Crippen molar-refractivity contribution in [3.05, 3.63) is 35.9 Å². The van der Waals surface area contributed by atoms with Gasteiger partial charge in [0.15, 0.2) is 0 Å². The van der Waals surface area contributed by atoms with E-state index in [1.165, 1.54) is 0 Å². The molecule has 1 spiro atoms. The van der Waals surface area contributed by atoms with Crippen LogP contribution in [0.5, 0.6) is 0 Å². The van der Waals surface area contributed by atoms with Crippen molar-refractivity contribution < 1.29 is 14.4 Å². The number of carbonyl (C=O) groups excluding carboxylic acids is 3. The molecule has 2 N–H and O–H groups in total. The maximum Gasteiger partial charge on any atom is 0.322 e. The molecule has 0 aliphatic carbocycles.